The van der Waals surface area contributed by atoms with E-state index in [0.29, 0.717) is 6.10 Å². The number of ether oxygens (including phenoxy) is 1. The van der Waals surface area contributed by atoms with Crippen molar-refractivity contribution in [3.05, 3.63) is 0 Å². The smallest absolute Gasteiger partial charge is 0.0810 e. The third kappa shape index (κ3) is 4.46. The van der Waals surface area contributed by atoms with E-state index in [1.807, 2.05) is 0 Å². The molecule has 0 bridgehead atoms. The molecule has 0 aromatic rings. The molecule has 2 nitrogen and oxygen atoms in total. The lowest BCUT2D eigenvalue weighted by Gasteiger charge is -2.42. The molecule has 2 heteroatoms. The standard InChI is InChI=1S/C17H33NO/c1-3-13-18-14-17(19-16-7-5-6-8-16)11-9-15(4-2)10-12-17/h15-16,18H,3-14H2,1-2H3. The van der Waals surface area contributed by atoms with E-state index in [9.17, 15) is 0 Å². The van der Waals surface area contributed by atoms with Gasteiger partial charge in [-0.2, -0.15) is 0 Å². The Balaban J connectivity index is 1.88. The predicted octanol–water partition coefficient (Wildman–Crippen LogP) is 4.28. The molecule has 19 heavy (non-hydrogen) atoms. The number of hydrogen-bond donors (Lipinski definition) is 1. The molecule has 0 radical (unpaired) electrons. The first-order valence-electron chi connectivity index (χ1n) is 8.66. The molecule has 2 rings (SSSR count). The van der Waals surface area contributed by atoms with Crippen molar-refractivity contribution in [3.8, 4) is 0 Å². The Morgan fingerprint density at radius 1 is 1.05 bits per heavy atom. The molecular formula is C17H33NO. The largest absolute Gasteiger partial charge is 0.370 e. The molecule has 2 saturated carbocycles. The van der Waals surface area contributed by atoms with Gasteiger partial charge >= 0.3 is 0 Å². The lowest BCUT2D eigenvalue weighted by Crippen LogP contribution is -2.47. The molecular weight excluding hydrogens is 234 g/mol. The lowest BCUT2D eigenvalue weighted by molar-refractivity contribution is -0.115. The van der Waals surface area contributed by atoms with E-state index in [0.717, 1.165) is 19.0 Å². The van der Waals surface area contributed by atoms with Crippen molar-refractivity contribution >= 4 is 0 Å². The molecule has 0 unspecified atom stereocenters. The van der Waals surface area contributed by atoms with Crippen molar-refractivity contribution < 1.29 is 4.74 Å². The van der Waals surface area contributed by atoms with E-state index in [1.165, 1.54) is 64.2 Å². The highest BCUT2D eigenvalue weighted by Gasteiger charge is 2.38. The van der Waals surface area contributed by atoms with Gasteiger partial charge in [0.25, 0.3) is 0 Å². The third-order valence-corrected chi connectivity index (χ3v) is 5.19. The monoisotopic (exact) mass is 267 g/mol. The Hall–Kier alpha value is -0.0800. The summed E-state index contributed by atoms with van der Waals surface area (Å²) < 4.78 is 6.62. The van der Waals surface area contributed by atoms with E-state index in [4.69, 9.17) is 4.74 Å². The molecule has 0 atom stereocenters. The minimum Gasteiger partial charge on any atom is -0.370 e. The van der Waals surface area contributed by atoms with Gasteiger partial charge < -0.3 is 10.1 Å². The second-order valence-electron chi connectivity index (χ2n) is 6.74. The van der Waals surface area contributed by atoms with Crippen LogP contribution in [0.5, 0.6) is 0 Å². The van der Waals surface area contributed by atoms with Gasteiger partial charge in [0.2, 0.25) is 0 Å². The molecule has 0 aromatic heterocycles. The summed E-state index contributed by atoms with van der Waals surface area (Å²) in [5.41, 5.74) is 0.163. The van der Waals surface area contributed by atoms with E-state index >= 15 is 0 Å². The Bertz CT molecular complexity index is 234. The first kappa shape index (κ1) is 15.3. The average Bonchev–Trinajstić information content (AvgIpc) is 2.93. The van der Waals surface area contributed by atoms with Crippen LogP contribution in [0.2, 0.25) is 0 Å². The highest BCUT2D eigenvalue weighted by atomic mass is 16.5. The topological polar surface area (TPSA) is 21.3 Å². The van der Waals surface area contributed by atoms with E-state index < -0.39 is 0 Å². The maximum absolute atomic E-state index is 6.62. The summed E-state index contributed by atoms with van der Waals surface area (Å²) in [6, 6.07) is 0. The Kier molecular flexibility index (Phi) is 6.15. The summed E-state index contributed by atoms with van der Waals surface area (Å²) in [5, 5.41) is 3.63. The van der Waals surface area contributed by atoms with Gasteiger partial charge in [-0.25, -0.2) is 0 Å². The van der Waals surface area contributed by atoms with Gasteiger partial charge in [0.1, 0.15) is 0 Å². The van der Waals surface area contributed by atoms with Crippen molar-refractivity contribution in [2.75, 3.05) is 13.1 Å². The third-order valence-electron chi connectivity index (χ3n) is 5.19. The Morgan fingerprint density at radius 3 is 2.32 bits per heavy atom. The van der Waals surface area contributed by atoms with Crippen LogP contribution >= 0.6 is 0 Å². The molecule has 0 heterocycles. The highest BCUT2D eigenvalue weighted by molar-refractivity contribution is 4.90. The van der Waals surface area contributed by atoms with Crippen LogP contribution in [0.4, 0.5) is 0 Å². The zero-order valence-corrected chi connectivity index (χ0v) is 13.0. The minimum atomic E-state index is 0.163. The second-order valence-corrected chi connectivity index (χ2v) is 6.74. The number of hydrogen-bond acceptors (Lipinski definition) is 2. The van der Waals surface area contributed by atoms with Crippen LogP contribution in [0.3, 0.4) is 0 Å². The fourth-order valence-electron chi connectivity index (χ4n) is 3.80. The van der Waals surface area contributed by atoms with E-state index in [2.05, 4.69) is 19.2 Å². The molecule has 2 aliphatic carbocycles. The first-order chi connectivity index (χ1) is 9.28. The predicted molar refractivity (Wildman–Crippen MR) is 81.5 cm³/mol. The number of rotatable bonds is 7. The molecule has 2 aliphatic rings. The van der Waals surface area contributed by atoms with Crippen LogP contribution in [-0.2, 0) is 4.74 Å². The van der Waals surface area contributed by atoms with Crippen molar-refractivity contribution in [2.24, 2.45) is 5.92 Å². The normalized spacial score (nSPS) is 32.8. The summed E-state index contributed by atoms with van der Waals surface area (Å²) in [7, 11) is 0. The maximum atomic E-state index is 6.62. The summed E-state index contributed by atoms with van der Waals surface area (Å²) in [5.74, 6) is 0.950. The van der Waals surface area contributed by atoms with Crippen LogP contribution in [0, 0.1) is 5.92 Å². The minimum absolute atomic E-state index is 0.163. The van der Waals surface area contributed by atoms with Gasteiger partial charge in [-0.15, -0.1) is 0 Å². The fourth-order valence-corrected chi connectivity index (χ4v) is 3.80. The summed E-state index contributed by atoms with van der Waals surface area (Å²) in [6.07, 6.45) is 13.8. The van der Waals surface area contributed by atoms with Crippen LogP contribution in [0.25, 0.3) is 0 Å². The quantitative estimate of drug-likeness (QED) is 0.695. The summed E-state index contributed by atoms with van der Waals surface area (Å²) in [4.78, 5) is 0. The molecule has 0 aromatic carbocycles. The van der Waals surface area contributed by atoms with E-state index in [1.54, 1.807) is 0 Å². The van der Waals surface area contributed by atoms with Crippen LogP contribution in [0.1, 0.15) is 78.1 Å². The molecule has 0 spiro atoms. The van der Waals surface area contributed by atoms with Gasteiger partial charge in [-0.1, -0.05) is 33.1 Å². The second kappa shape index (κ2) is 7.64. The molecule has 0 saturated heterocycles. The van der Waals surface area contributed by atoms with Crippen molar-refractivity contribution in [2.45, 2.75) is 89.8 Å². The number of nitrogens with one attached hydrogen (secondary N) is 1. The van der Waals surface area contributed by atoms with Crippen LogP contribution in [-0.4, -0.2) is 24.8 Å². The van der Waals surface area contributed by atoms with Gasteiger partial charge in [0, 0.05) is 6.54 Å². The molecule has 1 N–H and O–H groups in total. The highest BCUT2D eigenvalue weighted by Crippen LogP contribution is 2.38. The maximum Gasteiger partial charge on any atom is 0.0810 e. The van der Waals surface area contributed by atoms with Crippen molar-refractivity contribution in [1.29, 1.82) is 0 Å². The first-order valence-corrected chi connectivity index (χ1v) is 8.66. The SMILES string of the molecule is CCCNCC1(OC2CCCC2)CCC(CC)CC1. The summed E-state index contributed by atoms with van der Waals surface area (Å²) >= 11 is 0. The van der Waals surface area contributed by atoms with Gasteiger partial charge in [-0.05, 0) is 57.4 Å². The Labute approximate surface area is 119 Å². The van der Waals surface area contributed by atoms with Gasteiger partial charge in [0.15, 0.2) is 0 Å². The average molecular weight is 267 g/mol. The fraction of sp³-hybridized carbons (Fsp3) is 1.00. The van der Waals surface area contributed by atoms with Crippen LogP contribution in [0.15, 0.2) is 0 Å². The molecule has 112 valence electrons. The van der Waals surface area contributed by atoms with Crippen LogP contribution < -0.4 is 5.32 Å². The Morgan fingerprint density at radius 2 is 1.74 bits per heavy atom. The van der Waals surface area contributed by atoms with Gasteiger partial charge in [-0.3, -0.25) is 0 Å². The molecule has 0 aliphatic heterocycles. The zero-order chi connectivity index (χ0) is 13.6. The van der Waals surface area contributed by atoms with Crippen molar-refractivity contribution in [1.82, 2.24) is 5.32 Å². The van der Waals surface area contributed by atoms with Gasteiger partial charge in [0.05, 0.1) is 11.7 Å². The molecule has 0 amide bonds. The summed E-state index contributed by atoms with van der Waals surface area (Å²) in [6.45, 7) is 6.79. The van der Waals surface area contributed by atoms with E-state index in [-0.39, 0.29) is 5.60 Å². The van der Waals surface area contributed by atoms with Crippen molar-refractivity contribution in [3.63, 3.8) is 0 Å². The zero-order valence-electron chi connectivity index (χ0n) is 13.0. The lowest BCUT2D eigenvalue weighted by atomic mass is 9.77. The molecule has 2 fully saturated rings.